The summed E-state index contributed by atoms with van der Waals surface area (Å²) in [6, 6.07) is 4.83. The lowest BCUT2D eigenvalue weighted by Crippen LogP contribution is -2.17. The molecular formula is C11H13NO4. The van der Waals surface area contributed by atoms with Crippen molar-refractivity contribution in [3.05, 3.63) is 23.8 Å². The summed E-state index contributed by atoms with van der Waals surface area (Å²) >= 11 is 0. The fourth-order valence-electron chi connectivity index (χ4n) is 1.15. The normalized spacial score (nSPS) is 9.62. The molecule has 5 heteroatoms. The summed E-state index contributed by atoms with van der Waals surface area (Å²) in [6.07, 6.45) is -0.371. The number of aromatic hydroxyl groups is 1. The van der Waals surface area contributed by atoms with Crippen molar-refractivity contribution >= 4 is 17.6 Å². The van der Waals surface area contributed by atoms with E-state index in [-0.39, 0.29) is 17.9 Å². The minimum Gasteiger partial charge on any atom is -0.506 e. The van der Waals surface area contributed by atoms with E-state index in [2.05, 4.69) is 10.1 Å². The number of carbonyl (C=O) groups excluding carboxylic acids is 2. The SMILES string of the molecule is COC(=O)CC(=O)Nc1ccc(C)cc1O. The van der Waals surface area contributed by atoms with E-state index in [9.17, 15) is 14.7 Å². The summed E-state index contributed by atoms with van der Waals surface area (Å²) in [7, 11) is 1.21. The quantitative estimate of drug-likeness (QED) is 0.458. The number of anilines is 1. The third-order valence-corrected chi connectivity index (χ3v) is 1.96. The summed E-state index contributed by atoms with van der Waals surface area (Å²) in [6.45, 7) is 1.82. The van der Waals surface area contributed by atoms with E-state index in [1.54, 1.807) is 12.1 Å². The lowest BCUT2D eigenvalue weighted by Gasteiger charge is -2.07. The number of hydrogen-bond acceptors (Lipinski definition) is 4. The average molecular weight is 223 g/mol. The van der Waals surface area contributed by atoms with E-state index in [0.717, 1.165) is 5.56 Å². The van der Waals surface area contributed by atoms with E-state index in [1.807, 2.05) is 6.92 Å². The molecule has 0 heterocycles. The highest BCUT2D eigenvalue weighted by Crippen LogP contribution is 2.23. The first-order valence-electron chi connectivity index (χ1n) is 4.69. The van der Waals surface area contributed by atoms with Gasteiger partial charge in [0.25, 0.3) is 0 Å². The topological polar surface area (TPSA) is 75.6 Å². The standard InChI is InChI=1S/C11H13NO4/c1-7-3-4-8(9(13)5-7)12-10(14)6-11(15)16-2/h3-5,13H,6H2,1-2H3,(H,12,14). The van der Waals surface area contributed by atoms with Crippen LogP contribution in [0.5, 0.6) is 5.75 Å². The Morgan fingerprint density at radius 1 is 1.44 bits per heavy atom. The Labute approximate surface area is 93.0 Å². The van der Waals surface area contributed by atoms with Gasteiger partial charge in [-0.15, -0.1) is 0 Å². The number of benzene rings is 1. The van der Waals surface area contributed by atoms with Crippen molar-refractivity contribution in [3.8, 4) is 5.75 Å². The second-order valence-corrected chi connectivity index (χ2v) is 3.32. The Hall–Kier alpha value is -2.04. The molecule has 0 radical (unpaired) electrons. The van der Waals surface area contributed by atoms with Crippen LogP contribution in [0.4, 0.5) is 5.69 Å². The zero-order valence-electron chi connectivity index (χ0n) is 9.11. The number of nitrogens with one attached hydrogen (secondary N) is 1. The van der Waals surface area contributed by atoms with Crippen LogP contribution in [0.1, 0.15) is 12.0 Å². The smallest absolute Gasteiger partial charge is 0.315 e. The summed E-state index contributed by atoms with van der Waals surface area (Å²) < 4.78 is 4.35. The van der Waals surface area contributed by atoms with Crippen LogP contribution >= 0.6 is 0 Å². The van der Waals surface area contributed by atoms with Crippen LogP contribution in [0.2, 0.25) is 0 Å². The predicted molar refractivity (Wildman–Crippen MR) is 58.1 cm³/mol. The molecule has 0 aliphatic heterocycles. The molecule has 0 bridgehead atoms. The minimum atomic E-state index is -0.621. The lowest BCUT2D eigenvalue weighted by molar-refractivity contribution is -0.142. The largest absolute Gasteiger partial charge is 0.506 e. The molecule has 0 aliphatic rings. The predicted octanol–water partition coefficient (Wildman–Crippen LogP) is 1.20. The van der Waals surface area contributed by atoms with Crippen LogP contribution in [0.15, 0.2) is 18.2 Å². The number of amides is 1. The Kier molecular flexibility index (Phi) is 3.88. The van der Waals surface area contributed by atoms with Gasteiger partial charge in [-0.3, -0.25) is 9.59 Å². The molecule has 1 aromatic carbocycles. The Bertz CT molecular complexity index is 414. The molecule has 0 aromatic heterocycles. The summed E-state index contributed by atoms with van der Waals surface area (Å²) in [5.74, 6) is -1.17. The Morgan fingerprint density at radius 3 is 2.69 bits per heavy atom. The molecule has 5 nitrogen and oxygen atoms in total. The van der Waals surface area contributed by atoms with Crippen LogP contribution in [-0.4, -0.2) is 24.1 Å². The van der Waals surface area contributed by atoms with Crippen LogP contribution in [0, 0.1) is 6.92 Å². The number of rotatable bonds is 3. The molecule has 0 spiro atoms. The fraction of sp³-hybridized carbons (Fsp3) is 0.273. The van der Waals surface area contributed by atoms with Crippen molar-refractivity contribution in [2.45, 2.75) is 13.3 Å². The van der Waals surface area contributed by atoms with E-state index in [1.165, 1.54) is 13.2 Å². The van der Waals surface area contributed by atoms with Gasteiger partial charge in [-0.2, -0.15) is 0 Å². The van der Waals surface area contributed by atoms with Crippen molar-refractivity contribution in [1.29, 1.82) is 0 Å². The first-order valence-corrected chi connectivity index (χ1v) is 4.69. The highest BCUT2D eigenvalue weighted by atomic mass is 16.5. The monoisotopic (exact) mass is 223 g/mol. The molecule has 0 saturated heterocycles. The number of ether oxygens (including phenoxy) is 1. The van der Waals surface area contributed by atoms with Gasteiger partial charge in [0.05, 0.1) is 12.8 Å². The number of phenolic OH excluding ortho intramolecular Hbond substituents is 1. The van der Waals surface area contributed by atoms with E-state index >= 15 is 0 Å². The molecule has 16 heavy (non-hydrogen) atoms. The molecule has 1 rings (SSSR count). The minimum absolute atomic E-state index is 0.0294. The summed E-state index contributed by atoms with van der Waals surface area (Å²) in [4.78, 5) is 22.1. The second-order valence-electron chi connectivity index (χ2n) is 3.32. The van der Waals surface area contributed by atoms with Crippen molar-refractivity contribution < 1.29 is 19.4 Å². The molecule has 0 saturated carbocycles. The van der Waals surface area contributed by atoms with Crippen LogP contribution in [0.25, 0.3) is 0 Å². The second kappa shape index (κ2) is 5.16. The Morgan fingerprint density at radius 2 is 2.12 bits per heavy atom. The van der Waals surface area contributed by atoms with E-state index in [4.69, 9.17) is 0 Å². The summed E-state index contributed by atoms with van der Waals surface area (Å²) in [5, 5.41) is 11.9. The van der Waals surface area contributed by atoms with Gasteiger partial charge in [-0.05, 0) is 24.6 Å². The molecule has 0 fully saturated rings. The van der Waals surface area contributed by atoms with Gasteiger partial charge in [0.1, 0.15) is 12.2 Å². The first kappa shape index (κ1) is 12.0. The van der Waals surface area contributed by atoms with Gasteiger partial charge < -0.3 is 15.2 Å². The molecule has 1 amide bonds. The molecule has 0 unspecified atom stereocenters. The van der Waals surface area contributed by atoms with Gasteiger partial charge in [0.2, 0.25) is 5.91 Å². The number of carbonyl (C=O) groups is 2. The van der Waals surface area contributed by atoms with Crippen LogP contribution in [0.3, 0.4) is 0 Å². The van der Waals surface area contributed by atoms with E-state index in [0.29, 0.717) is 0 Å². The fourth-order valence-corrected chi connectivity index (χ4v) is 1.15. The van der Waals surface area contributed by atoms with Crippen LogP contribution in [-0.2, 0) is 14.3 Å². The zero-order chi connectivity index (χ0) is 12.1. The van der Waals surface area contributed by atoms with Crippen molar-refractivity contribution in [2.24, 2.45) is 0 Å². The van der Waals surface area contributed by atoms with Crippen LogP contribution < -0.4 is 5.32 Å². The first-order chi connectivity index (χ1) is 7.52. The molecule has 2 N–H and O–H groups in total. The van der Waals surface area contributed by atoms with Crippen molar-refractivity contribution in [1.82, 2.24) is 0 Å². The Balaban J connectivity index is 2.66. The number of aryl methyl sites for hydroxylation is 1. The molecule has 86 valence electrons. The summed E-state index contributed by atoms with van der Waals surface area (Å²) in [5.41, 5.74) is 1.16. The van der Waals surface area contributed by atoms with Gasteiger partial charge in [0, 0.05) is 0 Å². The molecule has 1 aromatic rings. The number of esters is 1. The van der Waals surface area contributed by atoms with Gasteiger partial charge in [-0.1, -0.05) is 6.07 Å². The van der Waals surface area contributed by atoms with Crippen molar-refractivity contribution in [2.75, 3.05) is 12.4 Å². The third kappa shape index (κ3) is 3.27. The third-order valence-electron chi connectivity index (χ3n) is 1.96. The number of hydrogen-bond donors (Lipinski definition) is 2. The average Bonchev–Trinajstić information content (AvgIpc) is 2.22. The highest BCUT2D eigenvalue weighted by Gasteiger charge is 2.11. The number of phenols is 1. The lowest BCUT2D eigenvalue weighted by atomic mass is 10.2. The van der Waals surface area contributed by atoms with Gasteiger partial charge in [0.15, 0.2) is 0 Å². The van der Waals surface area contributed by atoms with Gasteiger partial charge in [-0.25, -0.2) is 0 Å². The molecule has 0 atom stereocenters. The van der Waals surface area contributed by atoms with Crippen molar-refractivity contribution in [3.63, 3.8) is 0 Å². The molecule has 0 aliphatic carbocycles. The molecular weight excluding hydrogens is 210 g/mol. The maximum absolute atomic E-state index is 11.3. The van der Waals surface area contributed by atoms with Gasteiger partial charge >= 0.3 is 5.97 Å². The number of methoxy groups -OCH3 is 1. The maximum Gasteiger partial charge on any atom is 0.315 e. The zero-order valence-corrected chi connectivity index (χ0v) is 9.11. The highest BCUT2D eigenvalue weighted by molar-refractivity contribution is 6.02. The maximum atomic E-state index is 11.3. The van der Waals surface area contributed by atoms with E-state index < -0.39 is 11.9 Å².